The quantitative estimate of drug-likeness (QED) is 0.0281. The van der Waals surface area contributed by atoms with Gasteiger partial charge in [0, 0.05) is 12.8 Å². The number of aliphatic hydroxyl groups excluding tert-OH is 1. The molecule has 0 aliphatic carbocycles. The Hall–Kier alpha value is -2.68. The SMILES string of the molecule is CCCC/C=C\CCCCCCCC(=O)OC(CCC/C=C\CCCCCCCCCC)CCCCCCCC(=O)NCC(=O)NC(CO)C(=O)O. The first-order valence-electron chi connectivity index (χ1n) is 21.2. The molecule has 0 aromatic rings. The van der Waals surface area contributed by atoms with Crippen molar-refractivity contribution < 1.29 is 34.1 Å². The molecule has 0 bridgehead atoms. The highest BCUT2D eigenvalue weighted by molar-refractivity contribution is 5.87. The van der Waals surface area contributed by atoms with Crippen LogP contribution in [0, 0.1) is 0 Å². The largest absolute Gasteiger partial charge is 0.480 e. The minimum absolute atomic E-state index is 0.0448. The second-order valence-electron chi connectivity index (χ2n) is 14.4. The van der Waals surface area contributed by atoms with E-state index < -0.39 is 24.5 Å². The Morgan fingerprint density at radius 1 is 0.558 bits per heavy atom. The molecule has 0 saturated heterocycles. The van der Waals surface area contributed by atoms with Crippen LogP contribution in [0.15, 0.2) is 24.3 Å². The average Bonchev–Trinajstić information content (AvgIpc) is 3.13. The second-order valence-corrected chi connectivity index (χ2v) is 14.4. The van der Waals surface area contributed by atoms with E-state index in [0.29, 0.717) is 19.3 Å². The van der Waals surface area contributed by atoms with Crippen molar-refractivity contribution in [2.75, 3.05) is 13.2 Å². The van der Waals surface area contributed by atoms with E-state index in [9.17, 15) is 19.2 Å². The summed E-state index contributed by atoms with van der Waals surface area (Å²) in [5.74, 6) is -2.32. The summed E-state index contributed by atoms with van der Waals surface area (Å²) in [6, 6.07) is -1.38. The summed E-state index contributed by atoms with van der Waals surface area (Å²) in [5.41, 5.74) is 0. The Balaban J connectivity index is 4.36. The molecule has 9 nitrogen and oxygen atoms in total. The molecule has 0 fully saturated rings. The zero-order valence-electron chi connectivity index (χ0n) is 33.3. The first kappa shape index (κ1) is 49.3. The number of allylic oxidation sites excluding steroid dienone is 4. The highest BCUT2D eigenvalue weighted by atomic mass is 16.5. The molecule has 2 unspecified atom stereocenters. The molecule has 9 heteroatoms. The normalized spacial score (nSPS) is 12.7. The topological polar surface area (TPSA) is 142 Å². The van der Waals surface area contributed by atoms with E-state index in [1.165, 1.54) is 89.9 Å². The standard InChI is InChI=1S/C43H78N2O7/c1-3-5-7-9-11-13-15-16-18-19-21-24-28-32-38(52-42(49)35-31-27-22-20-17-14-12-10-8-6-4-2)33-29-25-23-26-30-34-40(47)44-36-41(48)45-39(37-46)43(50)51/h10,12,19,21,38-39,46H,3-9,11,13-18,20,22-37H2,1-2H3,(H,44,47)(H,45,48)(H,50,51)/b12-10-,21-19-. The molecule has 0 aliphatic rings. The molecule has 0 radical (unpaired) electrons. The van der Waals surface area contributed by atoms with Crippen molar-refractivity contribution >= 4 is 23.8 Å². The Bertz CT molecular complexity index is 936. The molecule has 52 heavy (non-hydrogen) atoms. The number of carboxylic acids is 1. The molecular formula is C43H78N2O7. The summed E-state index contributed by atoms with van der Waals surface area (Å²) < 4.78 is 5.99. The van der Waals surface area contributed by atoms with Crippen LogP contribution in [0.25, 0.3) is 0 Å². The predicted octanol–water partition coefficient (Wildman–Crippen LogP) is 10.0. The van der Waals surface area contributed by atoms with Gasteiger partial charge in [0.15, 0.2) is 0 Å². The number of ether oxygens (including phenoxy) is 1. The number of carboxylic acid groups (broad SMARTS) is 1. The van der Waals surface area contributed by atoms with Gasteiger partial charge in [0.2, 0.25) is 11.8 Å². The molecule has 2 atom stereocenters. The Morgan fingerprint density at radius 2 is 1.02 bits per heavy atom. The van der Waals surface area contributed by atoms with Gasteiger partial charge in [0.25, 0.3) is 0 Å². The number of unbranched alkanes of at least 4 members (excludes halogenated alkanes) is 20. The summed E-state index contributed by atoms with van der Waals surface area (Å²) in [6.45, 7) is 3.44. The third kappa shape index (κ3) is 34.4. The maximum Gasteiger partial charge on any atom is 0.328 e. The van der Waals surface area contributed by atoms with Gasteiger partial charge < -0.3 is 25.6 Å². The van der Waals surface area contributed by atoms with Gasteiger partial charge in [-0.15, -0.1) is 0 Å². The minimum atomic E-state index is -1.38. The molecule has 0 aromatic carbocycles. The van der Waals surface area contributed by atoms with Crippen LogP contribution in [0.4, 0.5) is 0 Å². The number of aliphatic carboxylic acids is 1. The van der Waals surface area contributed by atoms with Crippen molar-refractivity contribution in [3.8, 4) is 0 Å². The first-order chi connectivity index (χ1) is 25.3. The van der Waals surface area contributed by atoms with Crippen LogP contribution in [0.5, 0.6) is 0 Å². The van der Waals surface area contributed by atoms with Gasteiger partial charge >= 0.3 is 11.9 Å². The van der Waals surface area contributed by atoms with Crippen LogP contribution in [0.2, 0.25) is 0 Å². The highest BCUT2D eigenvalue weighted by Gasteiger charge is 2.19. The van der Waals surface area contributed by atoms with E-state index in [1.54, 1.807) is 0 Å². The van der Waals surface area contributed by atoms with Gasteiger partial charge in [-0.05, 0) is 77.0 Å². The molecule has 0 aromatic heterocycles. The lowest BCUT2D eigenvalue weighted by molar-refractivity contribution is -0.150. The highest BCUT2D eigenvalue weighted by Crippen LogP contribution is 2.18. The summed E-state index contributed by atoms with van der Waals surface area (Å²) >= 11 is 0. The minimum Gasteiger partial charge on any atom is -0.480 e. The van der Waals surface area contributed by atoms with E-state index in [4.69, 9.17) is 14.9 Å². The Kier molecular flexibility index (Phi) is 36.1. The average molecular weight is 735 g/mol. The van der Waals surface area contributed by atoms with Gasteiger partial charge in [-0.1, -0.05) is 134 Å². The number of rotatable bonds is 38. The fourth-order valence-electron chi connectivity index (χ4n) is 6.11. The maximum atomic E-state index is 12.7. The van der Waals surface area contributed by atoms with Crippen molar-refractivity contribution in [2.24, 2.45) is 0 Å². The van der Waals surface area contributed by atoms with Gasteiger partial charge in [0.05, 0.1) is 13.2 Å². The van der Waals surface area contributed by atoms with Crippen molar-refractivity contribution in [2.45, 2.75) is 212 Å². The molecule has 2 amide bonds. The molecule has 0 rings (SSSR count). The lowest BCUT2D eigenvalue weighted by Gasteiger charge is -2.18. The van der Waals surface area contributed by atoms with Crippen LogP contribution in [0.3, 0.4) is 0 Å². The van der Waals surface area contributed by atoms with Crippen LogP contribution < -0.4 is 10.6 Å². The van der Waals surface area contributed by atoms with Gasteiger partial charge in [-0.25, -0.2) is 4.79 Å². The van der Waals surface area contributed by atoms with Crippen LogP contribution in [-0.2, 0) is 23.9 Å². The number of nitrogens with one attached hydrogen (secondary N) is 2. The van der Waals surface area contributed by atoms with Crippen molar-refractivity contribution in [1.29, 1.82) is 0 Å². The number of hydrogen-bond donors (Lipinski definition) is 4. The smallest absolute Gasteiger partial charge is 0.328 e. The zero-order valence-corrected chi connectivity index (χ0v) is 33.3. The fourth-order valence-corrected chi connectivity index (χ4v) is 6.11. The Labute approximate surface area is 317 Å². The molecule has 302 valence electrons. The van der Waals surface area contributed by atoms with Crippen molar-refractivity contribution in [3.05, 3.63) is 24.3 Å². The monoisotopic (exact) mass is 735 g/mol. The van der Waals surface area contributed by atoms with Crippen molar-refractivity contribution in [3.63, 3.8) is 0 Å². The van der Waals surface area contributed by atoms with E-state index >= 15 is 0 Å². The lowest BCUT2D eigenvalue weighted by atomic mass is 10.0. The number of amides is 2. The number of carbonyl (C=O) groups excluding carboxylic acids is 3. The van der Waals surface area contributed by atoms with Gasteiger partial charge in [0.1, 0.15) is 12.1 Å². The fraction of sp³-hybridized carbons (Fsp3) is 0.814. The van der Waals surface area contributed by atoms with Crippen LogP contribution in [0.1, 0.15) is 200 Å². The lowest BCUT2D eigenvalue weighted by Crippen LogP contribution is -2.47. The van der Waals surface area contributed by atoms with E-state index in [-0.39, 0.29) is 24.5 Å². The van der Waals surface area contributed by atoms with Gasteiger partial charge in [-0.3, -0.25) is 14.4 Å². The first-order valence-corrected chi connectivity index (χ1v) is 21.2. The number of esters is 1. The molecule has 0 aliphatic heterocycles. The van der Waals surface area contributed by atoms with Crippen LogP contribution >= 0.6 is 0 Å². The summed E-state index contributed by atoms with van der Waals surface area (Å²) in [7, 11) is 0. The van der Waals surface area contributed by atoms with E-state index in [2.05, 4.69) is 48.8 Å². The third-order valence-electron chi connectivity index (χ3n) is 9.42. The molecule has 0 heterocycles. The van der Waals surface area contributed by atoms with Gasteiger partial charge in [-0.2, -0.15) is 0 Å². The Morgan fingerprint density at radius 3 is 1.58 bits per heavy atom. The van der Waals surface area contributed by atoms with E-state index in [0.717, 1.165) is 77.0 Å². The van der Waals surface area contributed by atoms with Crippen molar-refractivity contribution in [1.82, 2.24) is 10.6 Å². The second kappa shape index (κ2) is 38.1. The predicted molar refractivity (Wildman–Crippen MR) is 213 cm³/mol. The maximum absolute atomic E-state index is 12.7. The summed E-state index contributed by atoms with van der Waals surface area (Å²) in [4.78, 5) is 47.5. The molecule has 0 spiro atoms. The third-order valence-corrected chi connectivity index (χ3v) is 9.42. The molecule has 4 N–H and O–H groups in total. The summed E-state index contributed by atoms with van der Waals surface area (Å²) in [5, 5.41) is 22.5. The number of aliphatic hydroxyl groups is 1. The zero-order chi connectivity index (χ0) is 38.3. The molecular weight excluding hydrogens is 656 g/mol. The van der Waals surface area contributed by atoms with E-state index in [1.807, 2.05) is 0 Å². The number of hydrogen-bond acceptors (Lipinski definition) is 6. The summed E-state index contributed by atoms with van der Waals surface area (Å²) in [6.07, 6.45) is 40.6. The molecule has 0 saturated carbocycles. The van der Waals surface area contributed by atoms with Crippen LogP contribution in [-0.4, -0.2) is 59.3 Å². The number of carbonyl (C=O) groups is 4.